The van der Waals surface area contributed by atoms with Crippen molar-refractivity contribution < 1.29 is 0 Å². The first-order valence-electron chi connectivity index (χ1n) is 5.84. The van der Waals surface area contributed by atoms with Crippen molar-refractivity contribution in [2.24, 2.45) is 29.6 Å². The largest absolute Gasteiger partial charge is 0.0625 e. The maximum atomic E-state index is 2.47. The van der Waals surface area contributed by atoms with Crippen molar-refractivity contribution >= 4 is 0 Å². The Kier molecular flexibility index (Phi) is 1.54. The van der Waals surface area contributed by atoms with E-state index >= 15 is 0 Å². The van der Waals surface area contributed by atoms with Crippen LogP contribution >= 0.6 is 0 Å². The standard InChI is InChI=1S/C12H20/c1-8-3-2-4-9-6-10(5-8)12-7-11(9)12/h8-12H,2-7H2,1H3. The third-order valence-electron chi connectivity index (χ3n) is 4.68. The van der Waals surface area contributed by atoms with Gasteiger partial charge in [0.15, 0.2) is 0 Å². The maximum absolute atomic E-state index is 2.47. The molecule has 0 amide bonds. The van der Waals surface area contributed by atoms with Crippen molar-refractivity contribution in [2.45, 2.75) is 45.4 Å². The Labute approximate surface area is 75.7 Å². The first-order chi connectivity index (χ1) is 5.84. The van der Waals surface area contributed by atoms with E-state index in [4.69, 9.17) is 0 Å². The molecule has 0 aromatic rings. The van der Waals surface area contributed by atoms with Crippen LogP contribution in [0.2, 0.25) is 0 Å². The highest BCUT2D eigenvalue weighted by atomic mass is 14.6. The minimum atomic E-state index is 1.04. The van der Waals surface area contributed by atoms with Crippen molar-refractivity contribution in [1.29, 1.82) is 0 Å². The molecule has 0 nitrogen and oxygen atoms in total. The van der Waals surface area contributed by atoms with Crippen LogP contribution in [0.4, 0.5) is 0 Å². The van der Waals surface area contributed by atoms with Crippen molar-refractivity contribution in [2.75, 3.05) is 0 Å². The summed E-state index contributed by atoms with van der Waals surface area (Å²) in [4.78, 5) is 0. The number of fused-ring (bicyclic) bond motifs is 5. The fraction of sp³-hybridized carbons (Fsp3) is 1.00. The van der Waals surface area contributed by atoms with Gasteiger partial charge in [0, 0.05) is 0 Å². The molecule has 0 aromatic heterocycles. The highest BCUT2D eigenvalue weighted by Crippen LogP contribution is 2.62. The third kappa shape index (κ3) is 1.03. The number of rotatable bonds is 0. The van der Waals surface area contributed by atoms with E-state index < -0.39 is 0 Å². The van der Waals surface area contributed by atoms with Gasteiger partial charge in [-0.25, -0.2) is 0 Å². The highest BCUT2D eigenvalue weighted by Gasteiger charge is 2.53. The van der Waals surface area contributed by atoms with Gasteiger partial charge in [0.05, 0.1) is 0 Å². The highest BCUT2D eigenvalue weighted by molar-refractivity contribution is 5.03. The SMILES string of the molecule is CC1CCCC2CC(C1)C1CC21. The fourth-order valence-electron chi connectivity index (χ4n) is 4.02. The second-order valence-electron chi connectivity index (χ2n) is 5.59. The van der Waals surface area contributed by atoms with Gasteiger partial charge in [0.2, 0.25) is 0 Å². The molecular formula is C12H20. The number of hydrogen-bond acceptors (Lipinski definition) is 0. The van der Waals surface area contributed by atoms with E-state index in [2.05, 4.69) is 6.92 Å². The summed E-state index contributed by atoms with van der Waals surface area (Å²) in [5, 5.41) is 0. The molecule has 12 heavy (non-hydrogen) atoms. The minimum absolute atomic E-state index is 1.04. The van der Waals surface area contributed by atoms with E-state index in [0.717, 1.165) is 11.8 Å². The zero-order chi connectivity index (χ0) is 8.13. The summed E-state index contributed by atoms with van der Waals surface area (Å²) in [6, 6.07) is 0. The zero-order valence-electron chi connectivity index (χ0n) is 8.13. The van der Waals surface area contributed by atoms with Gasteiger partial charge in [-0.3, -0.25) is 0 Å². The molecule has 3 rings (SSSR count). The summed E-state index contributed by atoms with van der Waals surface area (Å²) >= 11 is 0. The van der Waals surface area contributed by atoms with Gasteiger partial charge in [-0.2, -0.15) is 0 Å². The van der Waals surface area contributed by atoms with Crippen LogP contribution in [0.15, 0.2) is 0 Å². The van der Waals surface area contributed by atoms with Crippen molar-refractivity contribution in [3.8, 4) is 0 Å². The number of hydrogen-bond donors (Lipinski definition) is 0. The van der Waals surface area contributed by atoms with E-state index in [9.17, 15) is 0 Å². The monoisotopic (exact) mass is 164 g/mol. The van der Waals surface area contributed by atoms with Crippen LogP contribution < -0.4 is 0 Å². The van der Waals surface area contributed by atoms with Gasteiger partial charge < -0.3 is 0 Å². The van der Waals surface area contributed by atoms with Crippen LogP contribution in [0.1, 0.15) is 45.4 Å². The zero-order valence-corrected chi connectivity index (χ0v) is 8.13. The van der Waals surface area contributed by atoms with Crippen LogP contribution in [0.25, 0.3) is 0 Å². The summed E-state index contributed by atoms with van der Waals surface area (Å²) in [7, 11) is 0. The molecule has 3 aliphatic carbocycles. The quantitative estimate of drug-likeness (QED) is 0.514. The van der Waals surface area contributed by atoms with E-state index in [1.54, 1.807) is 25.7 Å². The lowest BCUT2D eigenvalue weighted by Crippen LogP contribution is -2.12. The third-order valence-corrected chi connectivity index (χ3v) is 4.68. The van der Waals surface area contributed by atoms with Crippen molar-refractivity contribution in [3.05, 3.63) is 0 Å². The average molecular weight is 164 g/mol. The molecule has 0 aliphatic heterocycles. The maximum Gasteiger partial charge on any atom is -0.0352 e. The minimum Gasteiger partial charge on any atom is -0.0625 e. The molecule has 2 bridgehead atoms. The van der Waals surface area contributed by atoms with Gasteiger partial charge in [0.1, 0.15) is 0 Å². The summed E-state index contributed by atoms with van der Waals surface area (Å²) in [5.74, 6) is 5.79. The molecule has 0 radical (unpaired) electrons. The molecule has 5 atom stereocenters. The Morgan fingerprint density at radius 3 is 2.58 bits per heavy atom. The Morgan fingerprint density at radius 2 is 1.67 bits per heavy atom. The second-order valence-corrected chi connectivity index (χ2v) is 5.59. The van der Waals surface area contributed by atoms with Gasteiger partial charge in [-0.05, 0) is 48.9 Å². The Hall–Kier alpha value is 0. The molecule has 0 saturated heterocycles. The normalized spacial score (nSPS) is 57.2. The lowest BCUT2D eigenvalue weighted by Gasteiger charge is -2.23. The first-order valence-corrected chi connectivity index (χ1v) is 5.84. The summed E-state index contributed by atoms with van der Waals surface area (Å²) < 4.78 is 0. The van der Waals surface area contributed by atoms with Gasteiger partial charge >= 0.3 is 0 Å². The molecule has 0 N–H and O–H groups in total. The molecule has 0 aromatic carbocycles. The summed E-state index contributed by atoms with van der Waals surface area (Å²) in [6.07, 6.45) is 9.41. The molecular weight excluding hydrogens is 144 g/mol. The van der Waals surface area contributed by atoms with Crippen molar-refractivity contribution in [3.63, 3.8) is 0 Å². The Morgan fingerprint density at radius 1 is 0.833 bits per heavy atom. The Bertz CT molecular complexity index is 184. The van der Waals surface area contributed by atoms with Crippen molar-refractivity contribution in [1.82, 2.24) is 0 Å². The summed E-state index contributed by atoms with van der Waals surface area (Å²) in [6.45, 7) is 2.47. The Balaban J connectivity index is 1.76. The topological polar surface area (TPSA) is 0 Å². The predicted octanol–water partition coefficient (Wildman–Crippen LogP) is 3.47. The van der Waals surface area contributed by atoms with Crippen LogP contribution in [-0.2, 0) is 0 Å². The van der Waals surface area contributed by atoms with Crippen LogP contribution in [0, 0.1) is 29.6 Å². The average Bonchev–Trinajstić information content (AvgIpc) is 2.70. The fourth-order valence-corrected chi connectivity index (χ4v) is 4.02. The van der Waals surface area contributed by atoms with E-state index in [-0.39, 0.29) is 0 Å². The molecule has 0 heteroatoms. The lowest BCUT2D eigenvalue weighted by molar-refractivity contribution is 0.281. The van der Waals surface area contributed by atoms with Crippen LogP contribution in [0.3, 0.4) is 0 Å². The van der Waals surface area contributed by atoms with Crippen LogP contribution in [0.5, 0.6) is 0 Å². The van der Waals surface area contributed by atoms with Gasteiger partial charge in [-0.1, -0.05) is 26.2 Å². The molecule has 68 valence electrons. The molecule has 5 unspecified atom stereocenters. The molecule has 0 spiro atoms. The van der Waals surface area contributed by atoms with Gasteiger partial charge in [0.25, 0.3) is 0 Å². The lowest BCUT2D eigenvalue weighted by atomic mass is 9.82. The molecule has 3 aliphatic rings. The smallest absolute Gasteiger partial charge is 0.0352 e. The molecule has 3 saturated carbocycles. The first kappa shape index (κ1) is 7.41. The molecule has 3 fully saturated rings. The summed E-state index contributed by atoms with van der Waals surface area (Å²) in [5.41, 5.74) is 0. The van der Waals surface area contributed by atoms with E-state index in [1.165, 1.54) is 30.6 Å². The van der Waals surface area contributed by atoms with Crippen LogP contribution in [-0.4, -0.2) is 0 Å². The predicted molar refractivity (Wildman–Crippen MR) is 50.8 cm³/mol. The van der Waals surface area contributed by atoms with Gasteiger partial charge in [-0.15, -0.1) is 0 Å². The molecule has 0 heterocycles. The second kappa shape index (κ2) is 2.49. The van der Waals surface area contributed by atoms with E-state index in [1.807, 2.05) is 0 Å². The van der Waals surface area contributed by atoms with E-state index in [0.29, 0.717) is 0 Å².